The zero-order valence-electron chi connectivity index (χ0n) is 69.0. The monoisotopic (exact) mass is 1690 g/mol. The minimum atomic E-state index is -4.08. The molecule has 13 aromatic carbocycles. The van der Waals surface area contributed by atoms with Gasteiger partial charge in [-0.25, -0.2) is 28.8 Å². The maximum absolute atomic E-state index is 15.5. The highest BCUT2D eigenvalue weighted by Crippen LogP contribution is 2.54. The second-order valence-electron chi connectivity index (χ2n) is 30.5. The van der Waals surface area contributed by atoms with Crippen molar-refractivity contribution in [1.29, 1.82) is 0 Å². The van der Waals surface area contributed by atoms with Crippen molar-refractivity contribution in [3.05, 3.63) is 410 Å². The number of rotatable bonds is 30. The van der Waals surface area contributed by atoms with Gasteiger partial charge in [-0.3, -0.25) is 14.4 Å². The summed E-state index contributed by atoms with van der Waals surface area (Å²) in [6.07, 6.45) is 0. The molecule has 13 rings (SSSR count). The van der Waals surface area contributed by atoms with Crippen molar-refractivity contribution >= 4 is 106 Å². The van der Waals surface area contributed by atoms with Crippen molar-refractivity contribution in [2.24, 2.45) is 0 Å². The molecule has 0 aromatic heterocycles. The normalized spacial score (nSPS) is 11.5. The molecule has 0 bridgehead atoms. The van der Waals surface area contributed by atoms with Gasteiger partial charge < -0.3 is 42.1 Å². The summed E-state index contributed by atoms with van der Waals surface area (Å²) in [5.41, 5.74) is 1.26. The maximum atomic E-state index is 15.5. The molecule has 0 saturated carbocycles. The first-order chi connectivity index (χ1) is 59.1. The molecule has 0 spiro atoms. The highest BCUT2D eigenvalue weighted by Gasteiger charge is 2.44. The molecule has 0 saturated heterocycles. The van der Waals surface area contributed by atoms with Crippen LogP contribution in [0, 0.1) is 20.8 Å². The van der Waals surface area contributed by atoms with Gasteiger partial charge >= 0.3 is 35.8 Å². The predicted molar refractivity (Wildman–Crippen MR) is 476 cm³/mol. The Morgan fingerprint density at radius 3 is 0.626 bits per heavy atom. The molecule has 0 radical (unpaired) electrons. The summed E-state index contributed by atoms with van der Waals surface area (Å²) in [5.74, 6) is -6.37. The van der Waals surface area contributed by atoms with Gasteiger partial charge in [0.2, 0.25) is 38.0 Å². The van der Waals surface area contributed by atoms with Gasteiger partial charge in [0.25, 0.3) is 0 Å². The van der Waals surface area contributed by atoms with Crippen molar-refractivity contribution in [3.63, 3.8) is 0 Å². The average Bonchev–Trinajstić information content (AvgIpc) is 0.755. The third kappa shape index (κ3) is 18.7. The van der Waals surface area contributed by atoms with Crippen molar-refractivity contribution in [2.75, 3.05) is 0 Å². The van der Waals surface area contributed by atoms with Crippen molar-refractivity contribution in [3.8, 4) is 17.2 Å². The summed E-state index contributed by atoms with van der Waals surface area (Å²) in [6.45, 7) is 15.2. The molecule has 0 atom stereocenters. The van der Waals surface area contributed by atoms with E-state index in [-0.39, 0.29) is 105 Å². The Morgan fingerprint density at radius 1 is 0.244 bits per heavy atom. The molecule has 618 valence electrons. The van der Waals surface area contributed by atoms with Gasteiger partial charge in [0.15, 0.2) is 0 Å². The minimum Gasteiger partial charge on any atom is -0.457 e. The number of benzene rings is 13. The molecule has 0 aliphatic carbocycles. The summed E-state index contributed by atoms with van der Waals surface area (Å²) in [6, 6.07) is 82.5. The summed E-state index contributed by atoms with van der Waals surface area (Å²) >= 11 is 0. The van der Waals surface area contributed by atoms with E-state index in [0.29, 0.717) is 81.9 Å². The van der Waals surface area contributed by atoms with Crippen LogP contribution in [0.15, 0.2) is 309 Å². The molecular formula is C102H87O18P3. The number of hydrogen-bond acceptors (Lipinski definition) is 18. The lowest BCUT2D eigenvalue weighted by Crippen LogP contribution is -2.24. The van der Waals surface area contributed by atoms with E-state index in [2.05, 4.69) is 0 Å². The van der Waals surface area contributed by atoms with Gasteiger partial charge in [-0.1, -0.05) is 296 Å². The molecule has 0 amide bonds. The van der Waals surface area contributed by atoms with E-state index < -0.39 is 73.8 Å². The predicted octanol–water partition coefficient (Wildman–Crippen LogP) is 20.2. The van der Waals surface area contributed by atoms with Crippen LogP contribution in [0.4, 0.5) is 0 Å². The van der Waals surface area contributed by atoms with E-state index in [9.17, 15) is 28.8 Å². The Bertz CT molecular complexity index is 5600. The molecule has 21 heteroatoms. The number of carbonyl (C=O) groups is 9. The molecule has 0 heterocycles. The number of hydrogen-bond donors (Lipinski definition) is 0. The largest absolute Gasteiger partial charge is 0.457 e. The Morgan fingerprint density at radius 2 is 0.439 bits per heavy atom. The van der Waals surface area contributed by atoms with Crippen molar-refractivity contribution in [2.45, 2.75) is 99.9 Å². The Kier molecular flexibility index (Phi) is 26.9. The maximum Gasteiger partial charge on any atom is 0.343 e. The molecule has 0 unspecified atom stereocenters. The fourth-order valence-corrected chi connectivity index (χ4v) is 22.0. The smallest absolute Gasteiger partial charge is 0.343 e. The number of aryl methyl sites for hydroxylation is 3. The average molecular weight is 1690 g/mol. The first kappa shape index (κ1) is 87.2. The number of carbonyl (C=O) groups excluding carboxylic acids is 9. The Balaban J connectivity index is 0.739. The van der Waals surface area contributed by atoms with Gasteiger partial charge in [-0.15, -0.1) is 0 Å². The van der Waals surface area contributed by atoms with Crippen LogP contribution < -0.4 is 46.0 Å². The SMILES string of the molecule is Cc1ccc(C(C)C)c(OC(=O)c2ccc(COC(=O)c3cc(C(=O)OCc4ccc(C(=O)Oc5c(C(C)C)ccc(C)c5C(=O)P(=O)(c5ccccc5)c5ccccc5)cc4)cc(C(=O)OCc4ccc(C(=O)Oc5c(C(C)C)ccc(C)c5C(=O)P(=O)(c5ccccc5)c5ccccc5)cc4)c3)cc2)c1C(=O)P(=O)(c1ccccc1)c1ccccc1. The van der Waals surface area contributed by atoms with Crippen LogP contribution in [0.25, 0.3) is 0 Å². The number of ether oxygens (including phenoxy) is 6. The molecule has 13 aromatic rings. The summed E-state index contributed by atoms with van der Waals surface area (Å²) < 4.78 is 82.4. The van der Waals surface area contributed by atoms with Gasteiger partial charge in [0.05, 0.1) is 50.1 Å². The van der Waals surface area contributed by atoms with Crippen molar-refractivity contribution < 1.29 is 85.3 Å². The summed E-state index contributed by atoms with van der Waals surface area (Å²) in [4.78, 5) is 131. The van der Waals surface area contributed by atoms with E-state index in [4.69, 9.17) is 28.4 Å². The standard InChI is InChI=1S/C102H87O18P3/c1-64(2)85-55-40-67(7)88(100(109)121(112,79-28-16-10-17-29-79)80-30-18-11-19-31-80)91(85)118-97(106)73-49-43-70(44-50-73)61-115-94(103)76-58-77(95(104)116-62-71-45-51-74(52-46-71)98(107)119-92-86(65(3)4)56-41-68(8)89(92)101(110)122(113,81-32-20-12-21-33-81)82-34-22-13-23-35-82)60-78(59-76)96(105)117-63-72-47-53-75(54-48-72)99(108)120-93-87(66(5)6)57-42-69(9)90(93)102(111)123(114,83-36-24-14-25-37-83)84-38-26-15-27-39-84/h10-60,64-66H,61-63H2,1-9H3. The van der Waals surface area contributed by atoms with Gasteiger partial charge in [-0.05, 0) is 143 Å². The molecule has 0 fully saturated rings. The summed E-state index contributed by atoms with van der Waals surface area (Å²) in [5, 5.41) is 1.84. The van der Waals surface area contributed by atoms with Crippen LogP contribution in [0.2, 0.25) is 0 Å². The van der Waals surface area contributed by atoms with Crippen LogP contribution in [-0.2, 0) is 47.7 Å². The van der Waals surface area contributed by atoms with E-state index in [1.807, 2.05) is 41.5 Å². The first-order valence-electron chi connectivity index (χ1n) is 39.9. The van der Waals surface area contributed by atoms with Gasteiger partial charge in [-0.2, -0.15) is 0 Å². The lowest BCUT2D eigenvalue weighted by atomic mass is 9.96. The van der Waals surface area contributed by atoms with Crippen LogP contribution >= 0.6 is 21.4 Å². The minimum absolute atomic E-state index is 0.00221. The molecule has 18 nitrogen and oxygen atoms in total. The molecule has 0 aliphatic heterocycles. The third-order valence-electron chi connectivity index (χ3n) is 21.2. The van der Waals surface area contributed by atoms with Gasteiger partial charge in [0, 0.05) is 31.8 Å². The highest BCUT2D eigenvalue weighted by molar-refractivity contribution is 7.94. The lowest BCUT2D eigenvalue weighted by molar-refractivity contribution is 0.0463. The van der Waals surface area contributed by atoms with E-state index in [1.165, 1.54) is 91.0 Å². The fraction of sp³-hybridized carbons (Fsp3) is 0.147. The second-order valence-corrected chi connectivity index (χ2v) is 38.5. The Hall–Kier alpha value is -13.6. The van der Waals surface area contributed by atoms with Crippen LogP contribution in [0.1, 0.15) is 203 Å². The Labute approximate surface area is 713 Å². The molecular weight excluding hydrogens is 1610 g/mol. The topological polar surface area (TPSA) is 260 Å². The van der Waals surface area contributed by atoms with Gasteiger partial charge in [0.1, 0.15) is 37.1 Å². The summed E-state index contributed by atoms with van der Waals surface area (Å²) in [7, 11) is -12.2. The molecule has 0 N–H and O–H groups in total. The van der Waals surface area contributed by atoms with E-state index in [1.54, 1.807) is 239 Å². The highest BCUT2D eigenvalue weighted by atomic mass is 31.2. The quantitative estimate of drug-likeness (QED) is 0.0175. The van der Waals surface area contributed by atoms with E-state index >= 15 is 28.1 Å². The van der Waals surface area contributed by atoms with Crippen LogP contribution in [0.5, 0.6) is 17.2 Å². The zero-order chi connectivity index (χ0) is 87.4. The lowest BCUT2D eigenvalue weighted by Gasteiger charge is -2.23. The first-order valence-corrected chi connectivity index (χ1v) is 45.0. The van der Waals surface area contributed by atoms with Crippen molar-refractivity contribution in [1.82, 2.24) is 0 Å². The number of esters is 6. The molecule has 123 heavy (non-hydrogen) atoms. The second kappa shape index (κ2) is 38.0. The van der Waals surface area contributed by atoms with Crippen LogP contribution in [-0.4, -0.2) is 52.4 Å². The fourth-order valence-electron chi connectivity index (χ4n) is 14.4. The van der Waals surface area contributed by atoms with Crippen LogP contribution in [0.3, 0.4) is 0 Å². The zero-order valence-corrected chi connectivity index (χ0v) is 71.7. The van der Waals surface area contributed by atoms with E-state index in [0.717, 1.165) is 0 Å². The third-order valence-corrected chi connectivity index (χ3v) is 29.7. The molecule has 0 aliphatic rings.